The number of anilines is 1. The number of nitrogens with zero attached hydrogens (tertiary/aromatic N) is 2. The van der Waals surface area contributed by atoms with Gasteiger partial charge in [-0.2, -0.15) is 5.10 Å². The van der Waals surface area contributed by atoms with Crippen LogP contribution in [0.15, 0.2) is 24.3 Å². The lowest BCUT2D eigenvalue weighted by atomic mass is 10.2. The second-order valence-corrected chi connectivity index (χ2v) is 6.68. The van der Waals surface area contributed by atoms with Crippen LogP contribution in [0.2, 0.25) is 0 Å². The van der Waals surface area contributed by atoms with Crippen LogP contribution in [0.5, 0.6) is 0 Å². The van der Waals surface area contributed by atoms with Gasteiger partial charge in [0.15, 0.2) is 5.82 Å². The first-order chi connectivity index (χ1) is 11.6. The molecule has 134 valence electrons. The number of urea groups is 1. The van der Waals surface area contributed by atoms with Crippen LogP contribution in [-0.2, 0) is 9.53 Å². The molecule has 0 spiro atoms. The minimum atomic E-state index is -0.766. The molecular weight excluding hydrogens is 322 g/mol. The average Bonchev–Trinajstić information content (AvgIpc) is 2.92. The van der Waals surface area contributed by atoms with Crippen molar-refractivity contribution in [3.63, 3.8) is 0 Å². The summed E-state index contributed by atoms with van der Waals surface area (Å²) in [6.07, 6.45) is 0. The number of carbonyl (C=O) groups is 2. The number of hydrogen-bond donors (Lipinski definition) is 3. The molecule has 1 aromatic heterocycles. The topological polar surface area (TPSA) is 109 Å². The van der Waals surface area contributed by atoms with Crippen molar-refractivity contribution >= 4 is 17.7 Å². The van der Waals surface area contributed by atoms with Crippen LogP contribution in [0.4, 0.5) is 10.5 Å². The van der Waals surface area contributed by atoms with Gasteiger partial charge in [0.2, 0.25) is 0 Å². The Kier molecular flexibility index (Phi) is 5.41. The lowest BCUT2D eigenvalue weighted by Gasteiger charge is -2.22. The molecule has 3 N–H and O–H groups in total. The molecule has 0 aliphatic heterocycles. The van der Waals surface area contributed by atoms with Crippen molar-refractivity contribution in [2.45, 2.75) is 46.3 Å². The number of esters is 1. The first-order valence-corrected chi connectivity index (χ1v) is 7.94. The maximum atomic E-state index is 12.1. The number of aryl methyl sites for hydroxylation is 1. The number of benzene rings is 1. The summed E-state index contributed by atoms with van der Waals surface area (Å²) in [5.74, 6) is 0.758. The molecule has 1 heterocycles. The van der Waals surface area contributed by atoms with Gasteiger partial charge in [-0.1, -0.05) is 12.1 Å². The van der Waals surface area contributed by atoms with Gasteiger partial charge in [-0.3, -0.25) is 5.10 Å². The van der Waals surface area contributed by atoms with E-state index in [1.165, 1.54) is 0 Å². The van der Waals surface area contributed by atoms with E-state index in [1.54, 1.807) is 45.9 Å². The average molecular weight is 345 g/mol. The Bertz CT molecular complexity index is 764. The molecule has 0 unspecified atom stereocenters. The molecule has 8 heteroatoms. The second kappa shape index (κ2) is 7.33. The summed E-state index contributed by atoms with van der Waals surface area (Å²) < 4.78 is 5.23. The molecule has 2 aromatic rings. The number of ether oxygens (including phenoxy) is 1. The van der Waals surface area contributed by atoms with E-state index in [-0.39, 0.29) is 0 Å². The summed E-state index contributed by atoms with van der Waals surface area (Å²) in [5, 5.41) is 12.1. The van der Waals surface area contributed by atoms with E-state index >= 15 is 0 Å². The zero-order chi connectivity index (χ0) is 18.6. The molecule has 2 rings (SSSR count). The van der Waals surface area contributed by atoms with Crippen LogP contribution < -0.4 is 10.6 Å². The fourth-order valence-electron chi connectivity index (χ4n) is 2.02. The predicted molar refractivity (Wildman–Crippen MR) is 94.0 cm³/mol. The van der Waals surface area contributed by atoms with E-state index < -0.39 is 23.6 Å². The third-order valence-electron chi connectivity index (χ3n) is 3.08. The Morgan fingerprint density at radius 1 is 1.28 bits per heavy atom. The molecular formula is C17H23N5O3. The minimum Gasteiger partial charge on any atom is -0.458 e. The van der Waals surface area contributed by atoms with E-state index in [2.05, 4.69) is 25.8 Å². The summed E-state index contributed by atoms with van der Waals surface area (Å²) >= 11 is 0. The highest BCUT2D eigenvalue weighted by atomic mass is 16.6. The van der Waals surface area contributed by atoms with E-state index in [0.29, 0.717) is 17.3 Å². The maximum absolute atomic E-state index is 12.1. The van der Waals surface area contributed by atoms with Gasteiger partial charge in [0, 0.05) is 11.3 Å². The summed E-state index contributed by atoms with van der Waals surface area (Å²) in [5.41, 5.74) is 0.725. The van der Waals surface area contributed by atoms with Crippen LogP contribution in [0.3, 0.4) is 0 Å². The van der Waals surface area contributed by atoms with Crippen molar-refractivity contribution < 1.29 is 14.3 Å². The van der Waals surface area contributed by atoms with E-state index in [9.17, 15) is 9.59 Å². The van der Waals surface area contributed by atoms with Crippen LogP contribution >= 0.6 is 0 Å². The molecule has 1 atom stereocenters. The largest absolute Gasteiger partial charge is 0.458 e. The summed E-state index contributed by atoms with van der Waals surface area (Å²) in [6, 6.07) is 5.85. The van der Waals surface area contributed by atoms with Crippen molar-refractivity contribution in [1.82, 2.24) is 20.5 Å². The van der Waals surface area contributed by atoms with Gasteiger partial charge < -0.3 is 15.4 Å². The smallest absolute Gasteiger partial charge is 0.328 e. The van der Waals surface area contributed by atoms with E-state index in [1.807, 2.05) is 13.0 Å². The Morgan fingerprint density at radius 3 is 2.60 bits per heavy atom. The van der Waals surface area contributed by atoms with Crippen LogP contribution in [0.1, 0.15) is 33.5 Å². The molecule has 2 amide bonds. The summed E-state index contributed by atoms with van der Waals surface area (Å²) in [7, 11) is 0. The fraction of sp³-hybridized carbons (Fsp3) is 0.412. The fourth-order valence-corrected chi connectivity index (χ4v) is 2.02. The van der Waals surface area contributed by atoms with Gasteiger partial charge in [-0.05, 0) is 46.8 Å². The standard InChI is InChI=1S/C17H23N5O3/c1-10(15(23)25-17(3,4)5)18-16(24)20-13-8-6-7-12(9-13)14-19-11(2)21-22-14/h6-10H,1-5H3,(H2,18,20,24)(H,19,21,22)/t10-/m0/s1. The third-order valence-corrected chi connectivity index (χ3v) is 3.08. The number of aromatic nitrogens is 3. The lowest BCUT2D eigenvalue weighted by Crippen LogP contribution is -2.43. The number of hydrogen-bond acceptors (Lipinski definition) is 5. The number of nitrogens with one attached hydrogen (secondary N) is 3. The summed E-state index contributed by atoms with van der Waals surface area (Å²) in [6.45, 7) is 8.69. The number of aromatic amines is 1. The highest BCUT2D eigenvalue weighted by Gasteiger charge is 2.23. The Morgan fingerprint density at radius 2 is 2.00 bits per heavy atom. The van der Waals surface area contributed by atoms with Gasteiger partial charge in [-0.25, -0.2) is 14.6 Å². The van der Waals surface area contributed by atoms with Gasteiger partial charge in [0.1, 0.15) is 17.5 Å². The first kappa shape index (κ1) is 18.4. The van der Waals surface area contributed by atoms with Crippen molar-refractivity contribution in [2.24, 2.45) is 0 Å². The number of rotatable bonds is 4. The molecule has 0 saturated heterocycles. The van der Waals surface area contributed by atoms with E-state index in [0.717, 1.165) is 5.56 Å². The van der Waals surface area contributed by atoms with Gasteiger partial charge >= 0.3 is 12.0 Å². The molecule has 8 nitrogen and oxygen atoms in total. The van der Waals surface area contributed by atoms with Crippen molar-refractivity contribution in [1.29, 1.82) is 0 Å². The Balaban J connectivity index is 1.98. The predicted octanol–water partition coefficient (Wildman–Crippen LogP) is 2.63. The number of amides is 2. The monoisotopic (exact) mass is 345 g/mol. The third kappa shape index (κ3) is 5.59. The van der Waals surface area contributed by atoms with Crippen molar-refractivity contribution in [3.05, 3.63) is 30.1 Å². The SMILES string of the molecule is Cc1nc(-c2cccc(NC(=O)N[C@@H](C)C(=O)OC(C)(C)C)c2)n[nH]1. The molecule has 25 heavy (non-hydrogen) atoms. The lowest BCUT2D eigenvalue weighted by molar-refractivity contribution is -0.156. The normalized spacial score (nSPS) is 12.4. The number of carbonyl (C=O) groups excluding carboxylic acids is 2. The Hall–Kier alpha value is -2.90. The second-order valence-electron chi connectivity index (χ2n) is 6.68. The molecule has 0 radical (unpaired) electrons. The molecule has 0 bridgehead atoms. The highest BCUT2D eigenvalue weighted by molar-refractivity contribution is 5.92. The maximum Gasteiger partial charge on any atom is 0.328 e. The van der Waals surface area contributed by atoms with Crippen LogP contribution in [0.25, 0.3) is 11.4 Å². The molecule has 0 saturated carbocycles. The first-order valence-electron chi connectivity index (χ1n) is 7.94. The van der Waals surface area contributed by atoms with Gasteiger partial charge in [0.05, 0.1) is 0 Å². The number of H-pyrrole nitrogens is 1. The summed E-state index contributed by atoms with van der Waals surface area (Å²) in [4.78, 5) is 28.2. The molecule has 0 aliphatic carbocycles. The molecule has 1 aromatic carbocycles. The zero-order valence-electron chi connectivity index (χ0n) is 15.0. The van der Waals surface area contributed by atoms with Gasteiger partial charge in [-0.15, -0.1) is 0 Å². The van der Waals surface area contributed by atoms with Crippen LogP contribution in [-0.4, -0.2) is 38.8 Å². The molecule has 0 aliphatic rings. The minimum absolute atomic E-state index is 0.493. The van der Waals surface area contributed by atoms with Gasteiger partial charge in [0.25, 0.3) is 0 Å². The zero-order valence-corrected chi connectivity index (χ0v) is 15.0. The van der Waals surface area contributed by atoms with Crippen molar-refractivity contribution in [3.8, 4) is 11.4 Å². The Labute approximate surface area is 146 Å². The highest BCUT2D eigenvalue weighted by Crippen LogP contribution is 2.19. The van der Waals surface area contributed by atoms with Crippen molar-refractivity contribution in [2.75, 3.05) is 5.32 Å². The van der Waals surface area contributed by atoms with Crippen LogP contribution in [0, 0.1) is 6.92 Å². The quantitative estimate of drug-likeness (QED) is 0.738. The van der Waals surface area contributed by atoms with E-state index in [4.69, 9.17) is 4.74 Å². The molecule has 0 fully saturated rings.